The molecule has 0 bridgehead atoms. The van der Waals surface area contributed by atoms with Gasteiger partial charge in [0.2, 0.25) is 0 Å². The van der Waals surface area contributed by atoms with Gasteiger partial charge in [-0.3, -0.25) is 4.79 Å². The summed E-state index contributed by atoms with van der Waals surface area (Å²) in [6, 6.07) is 3.10. The standard InChI is InChI=1S/C17H26N4O3/c1-12-14(7-6-13(19-12)15(22)18-5)20-8-10-21(11-9-20)16(23)24-17(2,3)4/h6-7H,8-11H2,1-5H3,(H,18,22)/i1D3. The van der Waals surface area contributed by atoms with E-state index in [9.17, 15) is 9.59 Å². The zero-order valence-electron chi connectivity index (χ0n) is 17.5. The topological polar surface area (TPSA) is 74.8 Å². The molecule has 1 aliphatic heterocycles. The van der Waals surface area contributed by atoms with Gasteiger partial charge in [-0.15, -0.1) is 0 Å². The summed E-state index contributed by atoms with van der Waals surface area (Å²) in [6.07, 6.45) is -0.383. The van der Waals surface area contributed by atoms with E-state index in [1.807, 2.05) is 25.7 Å². The molecule has 1 fully saturated rings. The Morgan fingerprint density at radius 2 is 1.92 bits per heavy atom. The van der Waals surface area contributed by atoms with E-state index in [4.69, 9.17) is 8.85 Å². The lowest BCUT2D eigenvalue weighted by Crippen LogP contribution is -2.50. The van der Waals surface area contributed by atoms with E-state index in [2.05, 4.69) is 10.3 Å². The molecular formula is C17H26N4O3. The van der Waals surface area contributed by atoms with Crippen LogP contribution in [0, 0.1) is 6.85 Å². The average molecular weight is 337 g/mol. The van der Waals surface area contributed by atoms with Crippen LogP contribution in [0.5, 0.6) is 0 Å². The van der Waals surface area contributed by atoms with Crippen LogP contribution in [0.25, 0.3) is 0 Å². The summed E-state index contributed by atoms with van der Waals surface area (Å²) in [5.41, 5.74) is -0.178. The van der Waals surface area contributed by atoms with Gasteiger partial charge in [0, 0.05) is 37.3 Å². The van der Waals surface area contributed by atoms with Gasteiger partial charge in [0.15, 0.2) is 0 Å². The molecule has 2 heterocycles. The highest BCUT2D eigenvalue weighted by Crippen LogP contribution is 2.21. The molecule has 0 atom stereocenters. The fourth-order valence-corrected chi connectivity index (χ4v) is 2.42. The summed E-state index contributed by atoms with van der Waals surface area (Å²) in [6.45, 7) is 4.68. The van der Waals surface area contributed by atoms with Crippen molar-refractivity contribution < 1.29 is 18.4 Å². The summed E-state index contributed by atoms with van der Waals surface area (Å²) < 4.78 is 28.7. The van der Waals surface area contributed by atoms with Crippen molar-refractivity contribution in [3.8, 4) is 0 Å². The Morgan fingerprint density at radius 3 is 2.46 bits per heavy atom. The minimum absolute atomic E-state index is 0.0553. The van der Waals surface area contributed by atoms with Gasteiger partial charge in [-0.1, -0.05) is 0 Å². The number of pyridine rings is 1. The first-order valence-electron chi connectivity index (χ1n) is 9.39. The number of amides is 2. The number of nitrogens with one attached hydrogen (secondary N) is 1. The molecule has 24 heavy (non-hydrogen) atoms. The lowest BCUT2D eigenvalue weighted by molar-refractivity contribution is 0.0240. The Labute approximate surface area is 147 Å². The smallest absolute Gasteiger partial charge is 0.410 e. The SMILES string of the molecule is [2H]C([2H])([2H])c1nc(C(=O)NC)ccc1N1CCN(C(=O)OC(C)(C)C)CC1. The largest absolute Gasteiger partial charge is 0.444 e. The molecule has 1 aliphatic rings. The van der Waals surface area contributed by atoms with Crippen molar-refractivity contribution in [3.63, 3.8) is 0 Å². The van der Waals surface area contributed by atoms with Gasteiger partial charge in [0.05, 0.1) is 11.4 Å². The minimum atomic E-state index is -2.46. The lowest BCUT2D eigenvalue weighted by atomic mass is 10.2. The van der Waals surface area contributed by atoms with Gasteiger partial charge in [-0.25, -0.2) is 9.78 Å². The lowest BCUT2D eigenvalue weighted by Gasteiger charge is -2.37. The summed E-state index contributed by atoms with van der Waals surface area (Å²) in [4.78, 5) is 31.5. The predicted molar refractivity (Wildman–Crippen MR) is 92.4 cm³/mol. The van der Waals surface area contributed by atoms with Crippen LogP contribution in [-0.2, 0) is 4.74 Å². The molecule has 0 aromatic carbocycles. The first-order chi connectivity index (χ1) is 12.4. The molecule has 132 valence electrons. The summed E-state index contributed by atoms with van der Waals surface area (Å²) >= 11 is 0. The number of aryl methyl sites for hydroxylation is 1. The number of nitrogens with zero attached hydrogens (tertiary/aromatic N) is 3. The molecule has 0 unspecified atom stereocenters. The molecule has 1 saturated heterocycles. The van der Waals surface area contributed by atoms with Crippen LogP contribution < -0.4 is 10.2 Å². The number of aromatic nitrogens is 1. The number of ether oxygens (including phenoxy) is 1. The van der Waals surface area contributed by atoms with Crippen molar-refractivity contribution in [2.45, 2.75) is 33.2 Å². The van der Waals surface area contributed by atoms with Crippen LogP contribution in [0.4, 0.5) is 10.5 Å². The molecule has 1 aromatic heterocycles. The molecular weight excluding hydrogens is 308 g/mol. The number of hydrogen-bond donors (Lipinski definition) is 1. The Hall–Kier alpha value is -2.31. The minimum Gasteiger partial charge on any atom is -0.444 e. The molecule has 0 saturated carbocycles. The van der Waals surface area contributed by atoms with Crippen molar-refractivity contribution in [2.24, 2.45) is 0 Å². The van der Waals surface area contributed by atoms with Crippen LogP contribution in [0.2, 0.25) is 0 Å². The van der Waals surface area contributed by atoms with Gasteiger partial charge < -0.3 is 19.9 Å². The molecule has 0 aliphatic carbocycles. The maximum absolute atomic E-state index is 12.2. The Bertz CT molecular complexity index is 708. The van der Waals surface area contributed by atoms with Crippen LogP contribution >= 0.6 is 0 Å². The van der Waals surface area contributed by atoms with E-state index in [0.29, 0.717) is 31.9 Å². The van der Waals surface area contributed by atoms with E-state index in [1.165, 1.54) is 13.1 Å². The van der Waals surface area contributed by atoms with Crippen LogP contribution in [0.3, 0.4) is 0 Å². The Kier molecular flexibility index (Phi) is 4.14. The number of anilines is 1. The molecule has 2 amide bonds. The highest BCUT2D eigenvalue weighted by Gasteiger charge is 2.26. The van der Waals surface area contributed by atoms with Crippen molar-refractivity contribution in [3.05, 3.63) is 23.5 Å². The summed E-state index contributed by atoms with van der Waals surface area (Å²) in [7, 11) is 1.46. The monoisotopic (exact) mass is 337 g/mol. The molecule has 1 aromatic rings. The fraction of sp³-hybridized carbons (Fsp3) is 0.588. The molecule has 0 spiro atoms. The predicted octanol–water partition coefficient (Wildman–Crippen LogP) is 1.81. The zero-order chi connectivity index (χ0) is 20.4. The second-order valence-corrected chi connectivity index (χ2v) is 6.60. The quantitative estimate of drug-likeness (QED) is 0.891. The van der Waals surface area contributed by atoms with Gasteiger partial charge in [-0.2, -0.15) is 0 Å². The van der Waals surface area contributed by atoms with Gasteiger partial charge >= 0.3 is 6.09 Å². The molecule has 7 nitrogen and oxygen atoms in total. The highest BCUT2D eigenvalue weighted by molar-refractivity contribution is 5.92. The maximum Gasteiger partial charge on any atom is 0.410 e. The maximum atomic E-state index is 12.2. The van der Waals surface area contributed by atoms with Gasteiger partial charge in [-0.05, 0) is 39.8 Å². The van der Waals surface area contributed by atoms with E-state index in [-0.39, 0.29) is 17.5 Å². The van der Waals surface area contributed by atoms with E-state index >= 15 is 0 Å². The molecule has 1 N–H and O–H groups in total. The fourth-order valence-electron chi connectivity index (χ4n) is 2.42. The van der Waals surface area contributed by atoms with Crippen molar-refractivity contribution in [1.29, 1.82) is 0 Å². The van der Waals surface area contributed by atoms with E-state index in [0.717, 1.165) is 0 Å². The Balaban J connectivity index is 2.18. The summed E-state index contributed by atoms with van der Waals surface area (Å²) in [5, 5.41) is 2.44. The highest BCUT2D eigenvalue weighted by atomic mass is 16.6. The van der Waals surface area contributed by atoms with Crippen LogP contribution in [0.1, 0.15) is 41.1 Å². The van der Waals surface area contributed by atoms with E-state index in [1.54, 1.807) is 11.0 Å². The number of rotatable bonds is 2. The van der Waals surface area contributed by atoms with Crippen molar-refractivity contribution in [1.82, 2.24) is 15.2 Å². The zero-order valence-corrected chi connectivity index (χ0v) is 14.5. The second kappa shape index (κ2) is 7.07. The number of carbonyl (C=O) groups excluding carboxylic acids is 2. The molecule has 7 heteroatoms. The van der Waals surface area contributed by atoms with Gasteiger partial charge in [0.25, 0.3) is 5.91 Å². The van der Waals surface area contributed by atoms with E-state index < -0.39 is 18.4 Å². The van der Waals surface area contributed by atoms with Crippen molar-refractivity contribution >= 4 is 17.7 Å². The first-order valence-corrected chi connectivity index (χ1v) is 7.89. The number of carbonyl (C=O) groups is 2. The van der Waals surface area contributed by atoms with Gasteiger partial charge in [0.1, 0.15) is 11.3 Å². The molecule has 2 rings (SSSR count). The van der Waals surface area contributed by atoms with Crippen molar-refractivity contribution in [2.75, 3.05) is 38.1 Å². The third kappa shape index (κ3) is 4.37. The van der Waals surface area contributed by atoms with Crippen LogP contribution in [-0.4, -0.2) is 60.7 Å². The Morgan fingerprint density at radius 1 is 1.25 bits per heavy atom. The second-order valence-electron chi connectivity index (χ2n) is 6.60. The summed E-state index contributed by atoms with van der Waals surface area (Å²) in [5.74, 6) is -0.443. The molecule has 0 radical (unpaired) electrons. The number of hydrogen-bond acceptors (Lipinski definition) is 5. The van der Waals surface area contributed by atoms with Crippen LogP contribution in [0.15, 0.2) is 12.1 Å². The normalized spacial score (nSPS) is 17.6. The first kappa shape index (κ1) is 14.1. The third-order valence-corrected chi connectivity index (χ3v) is 3.61. The number of piperazine rings is 1. The third-order valence-electron chi connectivity index (χ3n) is 3.61. The average Bonchev–Trinajstić information content (AvgIpc) is 2.58.